The molecule has 5 nitrogen and oxygen atoms in total. The number of benzene rings is 1. The van der Waals surface area contributed by atoms with E-state index < -0.39 is 12.1 Å². The molecule has 7 heteroatoms. The van der Waals surface area contributed by atoms with Crippen molar-refractivity contribution in [3.05, 3.63) is 33.8 Å². The number of hydrogen-bond donors (Lipinski definition) is 2. The van der Waals surface area contributed by atoms with Crippen LogP contribution < -0.4 is 11.1 Å². The molecule has 3 N–H and O–H groups in total. The summed E-state index contributed by atoms with van der Waals surface area (Å²) < 4.78 is 0. The number of urea groups is 1. The Kier molecular flexibility index (Phi) is 8.20. The van der Waals surface area contributed by atoms with Crippen LogP contribution in [0.25, 0.3) is 0 Å². The molecule has 1 rings (SSSR count). The van der Waals surface area contributed by atoms with Crippen molar-refractivity contribution in [2.45, 2.75) is 45.7 Å². The third kappa shape index (κ3) is 6.28. The number of likely N-dealkylation sites (N-methyl/N-ethyl adjacent to an activating group) is 1. The fourth-order valence-corrected chi connectivity index (χ4v) is 2.58. The lowest BCUT2D eigenvalue weighted by Crippen LogP contribution is -2.49. The van der Waals surface area contributed by atoms with Gasteiger partial charge in [0.2, 0.25) is 5.91 Å². The number of nitrogens with one attached hydrogen (secondary N) is 1. The van der Waals surface area contributed by atoms with Gasteiger partial charge in [0.05, 0.1) is 10.0 Å². The lowest BCUT2D eigenvalue weighted by molar-refractivity contribution is -0.133. The van der Waals surface area contributed by atoms with Crippen molar-refractivity contribution in [3.8, 4) is 0 Å². The average Bonchev–Trinajstić information content (AvgIpc) is 2.51. The Balaban J connectivity index is 2.85. The molecule has 0 bridgehead atoms. The summed E-state index contributed by atoms with van der Waals surface area (Å²) in [5.74, 6) is -0.147. The van der Waals surface area contributed by atoms with Crippen LogP contribution in [0.15, 0.2) is 18.2 Å². The zero-order valence-corrected chi connectivity index (χ0v) is 15.0. The predicted octanol–water partition coefficient (Wildman–Crippen LogP) is 3.57. The van der Waals surface area contributed by atoms with Gasteiger partial charge < -0.3 is 16.0 Å². The van der Waals surface area contributed by atoms with Gasteiger partial charge in [0.25, 0.3) is 0 Å². The second kappa shape index (κ2) is 9.63. The van der Waals surface area contributed by atoms with Crippen molar-refractivity contribution in [2.75, 3.05) is 6.54 Å². The number of rotatable bonds is 8. The van der Waals surface area contributed by atoms with E-state index in [1.54, 1.807) is 17.0 Å². The topological polar surface area (TPSA) is 75.4 Å². The number of hydrogen-bond acceptors (Lipinski definition) is 2. The molecule has 128 valence electrons. The second-order valence-electron chi connectivity index (χ2n) is 5.30. The fourth-order valence-electron chi connectivity index (χ4n) is 2.26. The van der Waals surface area contributed by atoms with Crippen molar-refractivity contribution < 1.29 is 9.59 Å². The summed E-state index contributed by atoms with van der Waals surface area (Å²) in [6.07, 6.45) is 2.33. The van der Waals surface area contributed by atoms with E-state index in [1.807, 2.05) is 19.9 Å². The first-order valence-corrected chi connectivity index (χ1v) is 8.43. The van der Waals surface area contributed by atoms with E-state index >= 15 is 0 Å². The van der Waals surface area contributed by atoms with Gasteiger partial charge in [0.1, 0.15) is 6.04 Å². The first-order chi connectivity index (χ1) is 10.9. The summed E-state index contributed by atoms with van der Waals surface area (Å²) in [4.78, 5) is 25.5. The highest BCUT2D eigenvalue weighted by molar-refractivity contribution is 6.42. The Hall–Kier alpha value is -1.46. The Bertz CT molecular complexity index is 552. The highest BCUT2D eigenvalue weighted by Gasteiger charge is 2.24. The minimum atomic E-state index is -0.690. The van der Waals surface area contributed by atoms with Gasteiger partial charge in [0.15, 0.2) is 0 Å². The third-order valence-corrected chi connectivity index (χ3v) is 4.25. The summed E-state index contributed by atoms with van der Waals surface area (Å²) in [5, 5.41) is 3.46. The lowest BCUT2D eigenvalue weighted by atomic mass is 10.1. The van der Waals surface area contributed by atoms with Crippen LogP contribution >= 0.6 is 23.2 Å². The fraction of sp³-hybridized carbons (Fsp3) is 0.500. The smallest absolute Gasteiger partial charge is 0.312 e. The Morgan fingerprint density at radius 3 is 2.48 bits per heavy atom. The molecule has 0 spiro atoms. The second-order valence-corrected chi connectivity index (χ2v) is 6.12. The molecule has 0 heterocycles. The van der Waals surface area contributed by atoms with Crippen molar-refractivity contribution in [3.63, 3.8) is 0 Å². The maximum Gasteiger partial charge on any atom is 0.312 e. The minimum absolute atomic E-state index is 0.147. The Morgan fingerprint density at radius 2 is 1.96 bits per heavy atom. The number of nitrogens with two attached hydrogens (primary N) is 1. The summed E-state index contributed by atoms with van der Waals surface area (Å²) in [5.41, 5.74) is 6.06. The highest BCUT2D eigenvalue weighted by Crippen LogP contribution is 2.23. The Morgan fingerprint density at radius 1 is 1.26 bits per heavy atom. The van der Waals surface area contributed by atoms with E-state index in [-0.39, 0.29) is 5.91 Å². The summed E-state index contributed by atoms with van der Waals surface area (Å²) in [6, 6.07) is 3.98. The number of primary amides is 1. The predicted molar refractivity (Wildman–Crippen MR) is 93.6 cm³/mol. The highest BCUT2D eigenvalue weighted by atomic mass is 35.5. The van der Waals surface area contributed by atoms with Crippen molar-refractivity contribution in [1.82, 2.24) is 10.2 Å². The summed E-state index contributed by atoms with van der Waals surface area (Å²) >= 11 is 11.9. The zero-order chi connectivity index (χ0) is 17.4. The Labute approximate surface area is 147 Å². The molecular formula is C16H23Cl2N3O2. The van der Waals surface area contributed by atoms with Gasteiger partial charge in [-0.2, -0.15) is 0 Å². The first kappa shape index (κ1) is 19.6. The van der Waals surface area contributed by atoms with E-state index in [0.717, 1.165) is 18.4 Å². The quantitative estimate of drug-likeness (QED) is 0.744. The molecule has 1 atom stereocenters. The van der Waals surface area contributed by atoms with Gasteiger partial charge >= 0.3 is 6.03 Å². The van der Waals surface area contributed by atoms with Gasteiger partial charge in [-0.15, -0.1) is 0 Å². The maximum absolute atomic E-state index is 12.7. The van der Waals surface area contributed by atoms with Gasteiger partial charge in [-0.25, -0.2) is 4.79 Å². The molecular weight excluding hydrogens is 337 g/mol. The maximum atomic E-state index is 12.7. The lowest BCUT2D eigenvalue weighted by Gasteiger charge is -2.26. The third-order valence-electron chi connectivity index (χ3n) is 3.51. The van der Waals surface area contributed by atoms with Gasteiger partial charge in [-0.3, -0.25) is 4.79 Å². The number of carbonyl (C=O) groups excluding carboxylic acids is 2. The average molecular weight is 360 g/mol. The van der Waals surface area contributed by atoms with E-state index in [0.29, 0.717) is 29.6 Å². The number of amides is 3. The van der Waals surface area contributed by atoms with Crippen LogP contribution in [0.4, 0.5) is 4.79 Å². The monoisotopic (exact) mass is 359 g/mol. The van der Waals surface area contributed by atoms with Crippen LogP contribution in [0, 0.1) is 0 Å². The van der Waals surface area contributed by atoms with E-state index in [2.05, 4.69) is 5.32 Å². The van der Waals surface area contributed by atoms with Crippen LogP contribution in [0.3, 0.4) is 0 Å². The first-order valence-electron chi connectivity index (χ1n) is 7.67. The molecule has 0 radical (unpaired) electrons. The summed E-state index contributed by atoms with van der Waals surface area (Å²) in [6.45, 7) is 4.83. The van der Waals surface area contributed by atoms with E-state index in [9.17, 15) is 9.59 Å². The van der Waals surface area contributed by atoms with Crippen molar-refractivity contribution in [1.29, 1.82) is 0 Å². The number of unbranched alkanes of at least 4 members (excludes halogenated alkanes) is 1. The molecule has 23 heavy (non-hydrogen) atoms. The molecule has 1 aromatic rings. The van der Waals surface area contributed by atoms with E-state index in [4.69, 9.17) is 28.9 Å². The van der Waals surface area contributed by atoms with Crippen LogP contribution in [0.1, 0.15) is 38.7 Å². The zero-order valence-electron chi connectivity index (χ0n) is 13.4. The van der Waals surface area contributed by atoms with Gasteiger partial charge in [-0.1, -0.05) is 49.0 Å². The number of halogens is 2. The SMILES string of the molecule is CCCCC(NC(N)=O)C(=O)N(CC)Cc1ccc(Cl)c(Cl)c1. The van der Waals surface area contributed by atoms with Crippen molar-refractivity contribution in [2.24, 2.45) is 5.73 Å². The molecule has 0 saturated carbocycles. The normalized spacial score (nSPS) is 11.8. The molecule has 1 aromatic carbocycles. The van der Waals surface area contributed by atoms with Crippen molar-refractivity contribution >= 4 is 35.1 Å². The number of nitrogens with zero attached hydrogens (tertiary/aromatic N) is 1. The molecule has 0 fully saturated rings. The number of carbonyl (C=O) groups is 2. The van der Waals surface area contributed by atoms with Gasteiger partial charge in [-0.05, 0) is 31.0 Å². The van der Waals surface area contributed by atoms with E-state index in [1.165, 1.54) is 0 Å². The molecule has 1 unspecified atom stereocenters. The minimum Gasteiger partial charge on any atom is -0.352 e. The van der Waals surface area contributed by atoms with Crippen LogP contribution in [-0.4, -0.2) is 29.4 Å². The van der Waals surface area contributed by atoms with Crippen LogP contribution in [-0.2, 0) is 11.3 Å². The molecule has 0 aromatic heterocycles. The molecule has 0 saturated heterocycles. The van der Waals surface area contributed by atoms with Crippen LogP contribution in [0.5, 0.6) is 0 Å². The largest absolute Gasteiger partial charge is 0.352 e. The standard InChI is InChI=1S/C16H23Cl2N3O2/c1-3-5-6-14(20-16(19)23)15(22)21(4-2)10-11-7-8-12(17)13(18)9-11/h7-9,14H,3-6,10H2,1-2H3,(H3,19,20,23). The molecule has 3 amide bonds. The molecule has 0 aliphatic heterocycles. The van der Waals surface area contributed by atoms with Crippen LogP contribution in [0.2, 0.25) is 10.0 Å². The molecule has 0 aliphatic rings. The molecule has 0 aliphatic carbocycles. The summed E-state index contributed by atoms with van der Waals surface area (Å²) in [7, 11) is 0. The van der Waals surface area contributed by atoms with Gasteiger partial charge in [0, 0.05) is 13.1 Å².